The van der Waals surface area contributed by atoms with Gasteiger partial charge in [0.05, 0.1) is 11.6 Å². The van der Waals surface area contributed by atoms with Gasteiger partial charge in [-0.15, -0.1) is 24.8 Å². The van der Waals surface area contributed by atoms with Crippen LogP contribution in [0.2, 0.25) is 0 Å². The Morgan fingerprint density at radius 1 is 1.05 bits per heavy atom. The summed E-state index contributed by atoms with van der Waals surface area (Å²) in [6.45, 7) is 4.47. The van der Waals surface area contributed by atoms with Crippen molar-refractivity contribution >= 4 is 24.8 Å². The molecule has 122 valence electrons. The molecule has 1 aromatic rings. The lowest BCUT2D eigenvalue weighted by Crippen LogP contribution is -2.46. The number of piperazine rings is 1. The lowest BCUT2D eigenvalue weighted by Gasteiger charge is -2.38. The van der Waals surface area contributed by atoms with E-state index in [0.29, 0.717) is 6.04 Å². The zero-order valence-electron chi connectivity index (χ0n) is 12.8. The third kappa shape index (κ3) is 4.36. The molecule has 2 fully saturated rings. The van der Waals surface area contributed by atoms with Crippen molar-refractivity contribution in [1.82, 2.24) is 10.2 Å². The van der Waals surface area contributed by atoms with Crippen LogP contribution >= 0.6 is 24.8 Å². The lowest BCUT2D eigenvalue weighted by molar-refractivity contribution is 0.125. The van der Waals surface area contributed by atoms with Gasteiger partial charge in [-0.3, -0.25) is 4.90 Å². The molecular weight excluding hydrogens is 317 g/mol. The van der Waals surface area contributed by atoms with E-state index in [4.69, 9.17) is 5.26 Å². The Morgan fingerprint density at radius 3 is 2.18 bits per heavy atom. The van der Waals surface area contributed by atoms with Gasteiger partial charge in [0.2, 0.25) is 0 Å². The molecule has 22 heavy (non-hydrogen) atoms. The number of hydrogen-bond donors (Lipinski definition) is 1. The molecule has 2 aliphatic rings. The Labute approximate surface area is 145 Å². The minimum Gasteiger partial charge on any atom is -0.314 e. The first-order chi connectivity index (χ1) is 9.88. The molecule has 1 atom stereocenters. The van der Waals surface area contributed by atoms with Crippen molar-refractivity contribution in [3.8, 4) is 6.07 Å². The van der Waals surface area contributed by atoms with Crippen LogP contribution in [0.3, 0.4) is 0 Å². The number of nitriles is 1. The maximum Gasteiger partial charge on any atom is 0.0991 e. The smallest absolute Gasteiger partial charge is 0.0991 e. The first-order valence-electron chi connectivity index (χ1n) is 7.83. The van der Waals surface area contributed by atoms with Crippen LogP contribution in [-0.2, 0) is 0 Å². The fourth-order valence-electron chi connectivity index (χ4n) is 3.77. The monoisotopic (exact) mass is 341 g/mol. The van der Waals surface area contributed by atoms with Crippen LogP contribution in [0.5, 0.6) is 0 Å². The zero-order chi connectivity index (χ0) is 13.8. The van der Waals surface area contributed by atoms with Crippen molar-refractivity contribution in [3.63, 3.8) is 0 Å². The molecule has 1 aromatic carbocycles. The minimum absolute atomic E-state index is 0. The average Bonchev–Trinajstić information content (AvgIpc) is 3.03. The van der Waals surface area contributed by atoms with Gasteiger partial charge in [0.15, 0.2) is 0 Å². The predicted molar refractivity (Wildman–Crippen MR) is 94.8 cm³/mol. The first kappa shape index (κ1) is 19.3. The largest absolute Gasteiger partial charge is 0.314 e. The molecule has 1 N–H and O–H groups in total. The predicted octanol–water partition coefficient (Wildman–Crippen LogP) is 3.54. The molecule has 3 nitrogen and oxygen atoms in total. The average molecular weight is 342 g/mol. The highest BCUT2D eigenvalue weighted by Gasteiger charge is 2.31. The number of hydrogen-bond acceptors (Lipinski definition) is 3. The molecule has 0 aromatic heterocycles. The molecule has 1 aliphatic heterocycles. The van der Waals surface area contributed by atoms with Gasteiger partial charge in [-0.1, -0.05) is 25.0 Å². The van der Waals surface area contributed by atoms with Gasteiger partial charge in [0, 0.05) is 32.2 Å². The van der Waals surface area contributed by atoms with E-state index in [1.54, 1.807) is 0 Å². The van der Waals surface area contributed by atoms with Crippen LogP contribution in [0, 0.1) is 17.2 Å². The molecule has 0 radical (unpaired) electrons. The highest BCUT2D eigenvalue weighted by Crippen LogP contribution is 2.39. The molecule has 1 saturated heterocycles. The highest BCUT2D eigenvalue weighted by molar-refractivity contribution is 5.85. The quantitative estimate of drug-likeness (QED) is 0.913. The summed E-state index contributed by atoms with van der Waals surface area (Å²) < 4.78 is 0. The molecular formula is C17H25Cl2N3. The number of rotatable bonds is 3. The summed E-state index contributed by atoms with van der Waals surface area (Å²) in [4.78, 5) is 2.65. The second-order valence-electron chi connectivity index (χ2n) is 6.01. The van der Waals surface area contributed by atoms with E-state index in [1.165, 1.54) is 31.2 Å². The first-order valence-corrected chi connectivity index (χ1v) is 7.83. The van der Waals surface area contributed by atoms with Crippen LogP contribution in [0.4, 0.5) is 0 Å². The molecule has 5 heteroatoms. The van der Waals surface area contributed by atoms with E-state index in [1.807, 2.05) is 12.1 Å². The Hall–Kier alpha value is -0.790. The second kappa shape index (κ2) is 9.37. The van der Waals surface area contributed by atoms with Gasteiger partial charge in [-0.25, -0.2) is 0 Å². The third-order valence-corrected chi connectivity index (χ3v) is 4.77. The number of halogens is 2. The summed E-state index contributed by atoms with van der Waals surface area (Å²) in [5.74, 6) is 0.793. The van der Waals surface area contributed by atoms with E-state index in [0.717, 1.165) is 37.7 Å². The van der Waals surface area contributed by atoms with E-state index in [2.05, 4.69) is 28.4 Å². The molecule has 3 rings (SSSR count). The maximum atomic E-state index is 8.96. The van der Waals surface area contributed by atoms with Crippen LogP contribution in [0.15, 0.2) is 24.3 Å². The van der Waals surface area contributed by atoms with Crippen molar-refractivity contribution in [2.75, 3.05) is 26.2 Å². The Kier molecular flexibility index (Phi) is 8.20. The number of nitrogens with one attached hydrogen (secondary N) is 1. The summed E-state index contributed by atoms with van der Waals surface area (Å²) >= 11 is 0. The van der Waals surface area contributed by atoms with Gasteiger partial charge in [-0.05, 0) is 36.5 Å². The zero-order valence-corrected chi connectivity index (χ0v) is 14.5. The topological polar surface area (TPSA) is 39.1 Å². The van der Waals surface area contributed by atoms with Crippen molar-refractivity contribution in [2.45, 2.75) is 31.7 Å². The van der Waals surface area contributed by atoms with Gasteiger partial charge in [0.25, 0.3) is 0 Å². The standard InChI is InChI=1S/C17H23N3.2ClH/c18-13-14-5-7-16(8-6-14)17(15-3-1-2-4-15)20-11-9-19-10-12-20;;/h5-8,15,17,19H,1-4,9-12H2;2*1H/t17-;;/m1../s1. The van der Waals surface area contributed by atoms with Crippen molar-refractivity contribution in [1.29, 1.82) is 5.26 Å². The molecule has 1 aliphatic carbocycles. The highest BCUT2D eigenvalue weighted by atomic mass is 35.5. The Balaban J connectivity index is 0.00000121. The third-order valence-electron chi connectivity index (χ3n) is 4.77. The summed E-state index contributed by atoms with van der Waals surface area (Å²) in [5, 5.41) is 12.4. The van der Waals surface area contributed by atoms with Crippen molar-refractivity contribution in [3.05, 3.63) is 35.4 Å². The van der Waals surface area contributed by atoms with Gasteiger partial charge >= 0.3 is 0 Å². The summed E-state index contributed by atoms with van der Waals surface area (Å²) in [6, 6.07) is 11.1. The maximum absolute atomic E-state index is 8.96. The second-order valence-corrected chi connectivity index (χ2v) is 6.01. The Bertz CT molecular complexity index is 472. The molecule has 0 unspecified atom stereocenters. The van der Waals surface area contributed by atoms with Crippen LogP contribution in [0.25, 0.3) is 0 Å². The Morgan fingerprint density at radius 2 is 1.64 bits per heavy atom. The van der Waals surface area contributed by atoms with Crippen molar-refractivity contribution < 1.29 is 0 Å². The van der Waals surface area contributed by atoms with E-state index < -0.39 is 0 Å². The summed E-state index contributed by atoms with van der Waals surface area (Å²) in [5.41, 5.74) is 2.16. The molecule has 1 saturated carbocycles. The molecule has 0 bridgehead atoms. The van der Waals surface area contributed by atoms with Crippen LogP contribution in [0.1, 0.15) is 42.9 Å². The van der Waals surface area contributed by atoms with Crippen LogP contribution in [-0.4, -0.2) is 31.1 Å². The van der Waals surface area contributed by atoms with E-state index in [-0.39, 0.29) is 24.8 Å². The van der Waals surface area contributed by atoms with E-state index >= 15 is 0 Å². The van der Waals surface area contributed by atoms with E-state index in [9.17, 15) is 0 Å². The number of benzene rings is 1. The molecule has 0 amide bonds. The van der Waals surface area contributed by atoms with Gasteiger partial charge in [0.1, 0.15) is 0 Å². The number of nitrogens with zero attached hydrogens (tertiary/aromatic N) is 2. The molecule has 1 heterocycles. The van der Waals surface area contributed by atoms with Gasteiger partial charge in [-0.2, -0.15) is 5.26 Å². The fraction of sp³-hybridized carbons (Fsp3) is 0.588. The summed E-state index contributed by atoms with van der Waals surface area (Å²) in [6.07, 6.45) is 5.47. The van der Waals surface area contributed by atoms with Gasteiger partial charge < -0.3 is 5.32 Å². The summed E-state index contributed by atoms with van der Waals surface area (Å²) in [7, 11) is 0. The molecule has 0 spiro atoms. The minimum atomic E-state index is 0. The normalized spacial score (nSPS) is 20.5. The fourth-order valence-corrected chi connectivity index (χ4v) is 3.77. The SMILES string of the molecule is Cl.Cl.N#Cc1ccc([C@@H](C2CCCC2)N2CCNCC2)cc1. The van der Waals surface area contributed by atoms with Crippen LogP contribution < -0.4 is 5.32 Å². The lowest BCUT2D eigenvalue weighted by atomic mass is 9.89. The van der Waals surface area contributed by atoms with Crippen molar-refractivity contribution in [2.24, 2.45) is 5.92 Å².